The van der Waals surface area contributed by atoms with Crippen LogP contribution < -0.4 is 5.06 Å². The van der Waals surface area contributed by atoms with E-state index >= 15 is 0 Å². The maximum atomic E-state index is 11.0. The van der Waals surface area contributed by atoms with Crippen molar-refractivity contribution in [2.45, 2.75) is 13.3 Å². The first-order chi connectivity index (χ1) is 5.68. The van der Waals surface area contributed by atoms with E-state index in [0.717, 1.165) is 16.2 Å². The summed E-state index contributed by atoms with van der Waals surface area (Å²) in [7, 11) is 0. The number of nitrogens with zero attached hydrogens (tertiary/aromatic N) is 1. The van der Waals surface area contributed by atoms with Crippen LogP contribution in [0.4, 0.5) is 5.69 Å². The third-order valence-electron chi connectivity index (χ3n) is 2.04. The summed E-state index contributed by atoms with van der Waals surface area (Å²) in [6.07, 6.45) is 0.313. The topological polar surface area (TPSA) is 40.5 Å². The van der Waals surface area contributed by atoms with Gasteiger partial charge in [0, 0.05) is 0 Å². The fraction of sp³-hybridized carbons (Fsp3) is 0.222. The largest absolute Gasteiger partial charge is 0.281 e. The molecule has 1 aromatic carbocycles. The summed E-state index contributed by atoms with van der Waals surface area (Å²) in [5.74, 6) is -0.254. The van der Waals surface area contributed by atoms with Crippen LogP contribution in [0.25, 0.3) is 0 Å². The molecule has 1 aliphatic heterocycles. The average Bonchev–Trinajstić information content (AvgIpc) is 2.28. The molecular formula is C9H9NO2. The Morgan fingerprint density at radius 2 is 2.25 bits per heavy atom. The van der Waals surface area contributed by atoms with Gasteiger partial charge < -0.3 is 0 Å². The first kappa shape index (κ1) is 7.31. The van der Waals surface area contributed by atoms with Gasteiger partial charge in [-0.2, -0.15) is 5.06 Å². The Labute approximate surface area is 70.2 Å². The van der Waals surface area contributed by atoms with E-state index in [1.54, 1.807) is 6.07 Å². The van der Waals surface area contributed by atoms with Crippen LogP contribution in [0.2, 0.25) is 0 Å². The fourth-order valence-corrected chi connectivity index (χ4v) is 1.43. The molecule has 1 amide bonds. The molecular weight excluding hydrogens is 154 g/mol. The highest BCUT2D eigenvalue weighted by molar-refractivity contribution is 5.99. The van der Waals surface area contributed by atoms with Gasteiger partial charge in [-0.15, -0.1) is 0 Å². The van der Waals surface area contributed by atoms with E-state index < -0.39 is 0 Å². The molecule has 12 heavy (non-hydrogen) atoms. The van der Waals surface area contributed by atoms with Crippen molar-refractivity contribution in [1.82, 2.24) is 0 Å². The van der Waals surface area contributed by atoms with Crippen molar-refractivity contribution in [3.05, 3.63) is 29.3 Å². The molecule has 0 aliphatic carbocycles. The smallest absolute Gasteiger partial charge is 0.255 e. The van der Waals surface area contributed by atoms with Crippen molar-refractivity contribution < 1.29 is 10.0 Å². The second kappa shape index (κ2) is 2.32. The van der Waals surface area contributed by atoms with E-state index in [1.807, 2.05) is 19.1 Å². The van der Waals surface area contributed by atoms with Gasteiger partial charge in [0.2, 0.25) is 0 Å². The number of hydrogen-bond donors (Lipinski definition) is 1. The van der Waals surface area contributed by atoms with Crippen LogP contribution >= 0.6 is 0 Å². The quantitative estimate of drug-likeness (QED) is 0.585. The molecule has 0 aromatic heterocycles. The molecule has 1 N–H and O–H groups in total. The van der Waals surface area contributed by atoms with Crippen molar-refractivity contribution in [2.24, 2.45) is 0 Å². The zero-order chi connectivity index (χ0) is 8.72. The molecule has 62 valence electrons. The zero-order valence-corrected chi connectivity index (χ0v) is 6.74. The van der Waals surface area contributed by atoms with Crippen molar-refractivity contribution in [3.63, 3.8) is 0 Å². The predicted molar refractivity (Wildman–Crippen MR) is 44.2 cm³/mol. The molecule has 0 unspecified atom stereocenters. The SMILES string of the molecule is Cc1ccc2c(c1)CC(=O)N2O. The number of hydrogen-bond acceptors (Lipinski definition) is 2. The average molecular weight is 163 g/mol. The molecule has 0 fully saturated rings. The maximum absolute atomic E-state index is 11.0. The van der Waals surface area contributed by atoms with Crippen molar-refractivity contribution >= 4 is 11.6 Å². The Bertz CT molecular complexity index is 346. The molecule has 0 atom stereocenters. The molecule has 3 nitrogen and oxygen atoms in total. The number of aryl methyl sites for hydroxylation is 1. The lowest BCUT2D eigenvalue weighted by molar-refractivity contribution is -0.122. The summed E-state index contributed by atoms with van der Waals surface area (Å²) >= 11 is 0. The molecule has 1 aliphatic rings. The van der Waals surface area contributed by atoms with E-state index in [2.05, 4.69) is 0 Å². The van der Waals surface area contributed by atoms with Crippen molar-refractivity contribution in [3.8, 4) is 0 Å². The van der Waals surface area contributed by atoms with Crippen LogP contribution in [0.15, 0.2) is 18.2 Å². The lowest BCUT2D eigenvalue weighted by Gasteiger charge is -2.06. The summed E-state index contributed by atoms with van der Waals surface area (Å²) in [6.45, 7) is 1.96. The zero-order valence-electron chi connectivity index (χ0n) is 6.74. The Kier molecular flexibility index (Phi) is 1.41. The van der Waals surface area contributed by atoms with Crippen LogP contribution in [0.3, 0.4) is 0 Å². The fourth-order valence-electron chi connectivity index (χ4n) is 1.43. The number of hydroxylamine groups is 1. The molecule has 3 heteroatoms. The first-order valence-corrected chi connectivity index (χ1v) is 3.80. The molecule has 1 heterocycles. The maximum Gasteiger partial charge on any atom is 0.255 e. The van der Waals surface area contributed by atoms with Gasteiger partial charge in [0.1, 0.15) is 0 Å². The molecule has 0 bridgehead atoms. The summed E-state index contributed by atoms with van der Waals surface area (Å²) < 4.78 is 0. The second-order valence-corrected chi connectivity index (χ2v) is 3.01. The number of carbonyl (C=O) groups is 1. The number of carbonyl (C=O) groups excluding carboxylic acids is 1. The number of amides is 1. The summed E-state index contributed by atoms with van der Waals surface area (Å²) in [4.78, 5) is 11.0. The highest BCUT2D eigenvalue weighted by Crippen LogP contribution is 2.27. The Morgan fingerprint density at radius 1 is 1.50 bits per heavy atom. The minimum absolute atomic E-state index is 0.254. The predicted octanol–water partition coefficient (Wildman–Crippen LogP) is 1.27. The number of rotatable bonds is 0. The third kappa shape index (κ3) is 0.905. The second-order valence-electron chi connectivity index (χ2n) is 3.01. The monoisotopic (exact) mass is 163 g/mol. The molecule has 1 aromatic rings. The highest BCUT2D eigenvalue weighted by atomic mass is 16.5. The molecule has 2 rings (SSSR count). The lowest BCUT2D eigenvalue weighted by atomic mass is 10.1. The number of fused-ring (bicyclic) bond motifs is 1. The Balaban J connectivity index is 2.54. The highest BCUT2D eigenvalue weighted by Gasteiger charge is 2.25. The van der Waals surface area contributed by atoms with Gasteiger partial charge in [0.25, 0.3) is 5.91 Å². The van der Waals surface area contributed by atoms with E-state index in [9.17, 15) is 10.0 Å². The van der Waals surface area contributed by atoms with Crippen LogP contribution in [0, 0.1) is 6.92 Å². The van der Waals surface area contributed by atoms with Crippen molar-refractivity contribution in [1.29, 1.82) is 0 Å². The summed E-state index contributed by atoms with van der Waals surface area (Å²) in [5, 5.41) is 9.94. The van der Waals surface area contributed by atoms with Gasteiger partial charge in [0.15, 0.2) is 0 Å². The van der Waals surface area contributed by atoms with Crippen LogP contribution in [-0.2, 0) is 11.2 Å². The number of benzene rings is 1. The summed E-state index contributed by atoms with van der Waals surface area (Å²) in [5.41, 5.74) is 2.63. The van der Waals surface area contributed by atoms with Crippen molar-refractivity contribution in [2.75, 3.05) is 5.06 Å². The number of anilines is 1. The molecule has 0 saturated carbocycles. The van der Waals surface area contributed by atoms with E-state index in [1.165, 1.54) is 0 Å². The van der Waals surface area contributed by atoms with Crippen LogP contribution in [0.1, 0.15) is 11.1 Å². The van der Waals surface area contributed by atoms with Gasteiger partial charge in [-0.05, 0) is 18.6 Å². The van der Waals surface area contributed by atoms with Crippen LogP contribution in [0.5, 0.6) is 0 Å². The van der Waals surface area contributed by atoms with E-state index in [0.29, 0.717) is 12.1 Å². The Morgan fingerprint density at radius 3 is 3.00 bits per heavy atom. The summed E-state index contributed by atoms with van der Waals surface area (Å²) in [6, 6.07) is 5.56. The minimum atomic E-state index is -0.254. The third-order valence-corrected chi connectivity index (χ3v) is 2.04. The molecule has 0 spiro atoms. The normalized spacial score (nSPS) is 15.2. The first-order valence-electron chi connectivity index (χ1n) is 3.80. The van der Waals surface area contributed by atoms with Gasteiger partial charge in [-0.25, -0.2) is 0 Å². The van der Waals surface area contributed by atoms with Gasteiger partial charge in [0.05, 0.1) is 12.1 Å². The van der Waals surface area contributed by atoms with Crippen LogP contribution in [-0.4, -0.2) is 11.1 Å². The van der Waals surface area contributed by atoms with Gasteiger partial charge >= 0.3 is 0 Å². The van der Waals surface area contributed by atoms with Gasteiger partial charge in [-0.1, -0.05) is 17.7 Å². The van der Waals surface area contributed by atoms with E-state index in [4.69, 9.17) is 0 Å². The van der Waals surface area contributed by atoms with Gasteiger partial charge in [-0.3, -0.25) is 10.0 Å². The lowest BCUT2D eigenvalue weighted by Crippen LogP contribution is -2.21. The standard InChI is InChI=1S/C9H9NO2/c1-6-2-3-8-7(4-6)5-9(11)10(8)12/h2-4,12H,5H2,1H3. The molecule has 0 radical (unpaired) electrons. The van der Waals surface area contributed by atoms with E-state index in [-0.39, 0.29) is 5.91 Å². The molecule has 0 saturated heterocycles. The Hall–Kier alpha value is -1.35. The minimum Gasteiger partial charge on any atom is -0.281 e.